The Morgan fingerprint density at radius 2 is 2.22 bits per heavy atom. The Labute approximate surface area is 136 Å². The fourth-order valence-electron chi connectivity index (χ4n) is 3.18. The van der Waals surface area contributed by atoms with E-state index in [4.69, 9.17) is 0 Å². The van der Waals surface area contributed by atoms with E-state index < -0.39 is 0 Å². The normalized spacial score (nSPS) is 20.6. The second kappa shape index (κ2) is 6.91. The second-order valence-electron chi connectivity index (χ2n) is 6.01. The summed E-state index contributed by atoms with van der Waals surface area (Å²) in [5, 5.41) is 10.6. The van der Waals surface area contributed by atoms with Crippen molar-refractivity contribution in [1.29, 1.82) is 0 Å². The lowest BCUT2D eigenvalue weighted by Gasteiger charge is -2.27. The molecule has 1 aromatic carbocycles. The summed E-state index contributed by atoms with van der Waals surface area (Å²) in [5.74, 6) is 0.105. The zero-order valence-corrected chi connectivity index (χ0v) is 13.5. The lowest BCUT2D eigenvalue weighted by Crippen LogP contribution is -2.52. The molecule has 0 radical (unpaired) electrons. The van der Waals surface area contributed by atoms with Crippen LogP contribution >= 0.6 is 0 Å². The van der Waals surface area contributed by atoms with E-state index in [2.05, 4.69) is 33.7 Å². The summed E-state index contributed by atoms with van der Waals surface area (Å²) in [6.45, 7) is 4.18. The Balaban J connectivity index is 1.67. The molecule has 6 heteroatoms. The summed E-state index contributed by atoms with van der Waals surface area (Å²) < 4.78 is 1.78. The SMILES string of the molecule is CCC1(C(=O)NCc2ccccc2Cn2cncn2)CCCN1. The molecule has 2 heterocycles. The number of benzene rings is 1. The molecule has 1 atom stereocenters. The Hall–Kier alpha value is -2.21. The van der Waals surface area contributed by atoms with Crippen molar-refractivity contribution in [2.75, 3.05) is 6.54 Å². The van der Waals surface area contributed by atoms with Crippen molar-refractivity contribution in [2.24, 2.45) is 0 Å². The molecule has 1 aliphatic heterocycles. The number of aromatic nitrogens is 3. The highest BCUT2D eigenvalue weighted by molar-refractivity contribution is 5.86. The molecule has 1 saturated heterocycles. The van der Waals surface area contributed by atoms with E-state index in [0.29, 0.717) is 13.1 Å². The standard InChI is InChI=1S/C17H23N5O/c1-2-17(8-5-9-20-17)16(23)19-10-14-6-3-4-7-15(14)11-22-13-18-12-21-22/h3-4,6-7,12-13,20H,2,5,8-11H2,1H3,(H,19,23). The highest BCUT2D eigenvalue weighted by Gasteiger charge is 2.38. The maximum atomic E-state index is 12.6. The van der Waals surface area contributed by atoms with Crippen molar-refractivity contribution in [1.82, 2.24) is 25.4 Å². The summed E-state index contributed by atoms with van der Waals surface area (Å²) in [7, 11) is 0. The van der Waals surface area contributed by atoms with Gasteiger partial charge in [-0.05, 0) is 36.9 Å². The topological polar surface area (TPSA) is 71.8 Å². The Morgan fingerprint density at radius 3 is 2.87 bits per heavy atom. The molecule has 1 fully saturated rings. The van der Waals surface area contributed by atoms with Crippen LogP contribution in [0.25, 0.3) is 0 Å². The number of hydrogen-bond donors (Lipinski definition) is 2. The minimum atomic E-state index is -0.388. The fraction of sp³-hybridized carbons (Fsp3) is 0.471. The van der Waals surface area contributed by atoms with Crippen molar-refractivity contribution >= 4 is 5.91 Å². The van der Waals surface area contributed by atoms with Crippen LogP contribution in [-0.4, -0.2) is 32.8 Å². The molecule has 1 aromatic heterocycles. The maximum Gasteiger partial charge on any atom is 0.240 e. The number of carbonyl (C=O) groups is 1. The highest BCUT2D eigenvalue weighted by atomic mass is 16.2. The van der Waals surface area contributed by atoms with Gasteiger partial charge in [-0.15, -0.1) is 0 Å². The van der Waals surface area contributed by atoms with Crippen molar-refractivity contribution in [3.63, 3.8) is 0 Å². The Morgan fingerprint density at radius 1 is 1.39 bits per heavy atom. The van der Waals surface area contributed by atoms with Gasteiger partial charge < -0.3 is 10.6 Å². The first-order valence-electron chi connectivity index (χ1n) is 8.16. The van der Waals surface area contributed by atoms with Crippen molar-refractivity contribution in [3.8, 4) is 0 Å². The molecule has 1 aliphatic rings. The molecule has 1 unspecified atom stereocenters. The second-order valence-corrected chi connectivity index (χ2v) is 6.01. The van der Waals surface area contributed by atoms with Crippen molar-refractivity contribution in [3.05, 3.63) is 48.0 Å². The van der Waals surface area contributed by atoms with E-state index in [1.807, 2.05) is 18.2 Å². The van der Waals surface area contributed by atoms with Gasteiger partial charge in [0.2, 0.25) is 5.91 Å². The molecular weight excluding hydrogens is 290 g/mol. The first-order valence-corrected chi connectivity index (χ1v) is 8.16. The van der Waals surface area contributed by atoms with Gasteiger partial charge >= 0.3 is 0 Å². The third-order valence-corrected chi connectivity index (χ3v) is 4.64. The van der Waals surface area contributed by atoms with Crippen molar-refractivity contribution in [2.45, 2.75) is 44.8 Å². The monoisotopic (exact) mass is 313 g/mol. The molecule has 2 aromatic rings. The van der Waals surface area contributed by atoms with E-state index in [1.165, 1.54) is 6.33 Å². The molecule has 0 bridgehead atoms. The molecule has 0 saturated carbocycles. The van der Waals surface area contributed by atoms with Crippen LogP contribution in [0.4, 0.5) is 0 Å². The number of nitrogens with one attached hydrogen (secondary N) is 2. The zero-order valence-electron chi connectivity index (χ0n) is 13.5. The van der Waals surface area contributed by atoms with Crippen LogP contribution < -0.4 is 10.6 Å². The third kappa shape index (κ3) is 3.42. The molecule has 0 spiro atoms. The fourth-order valence-corrected chi connectivity index (χ4v) is 3.18. The first kappa shape index (κ1) is 15.7. The predicted molar refractivity (Wildman–Crippen MR) is 87.7 cm³/mol. The van der Waals surface area contributed by atoms with Gasteiger partial charge in [-0.3, -0.25) is 4.79 Å². The molecule has 3 rings (SSSR count). The summed E-state index contributed by atoms with van der Waals surface area (Å²) in [5.41, 5.74) is 1.87. The molecular formula is C17H23N5O. The molecule has 0 aliphatic carbocycles. The summed E-state index contributed by atoms with van der Waals surface area (Å²) in [6.07, 6.45) is 6.02. The van der Waals surface area contributed by atoms with Gasteiger partial charge in [-0.2, -0.15) is 5.10 Å². The quantitative estimate of drug-likeness (QED) is 0.847. The third-order valence-electron chi connectivity index (χ3n) is 4.64. The molecule has 1 amide bonds. The van der Waals surface area contributed by atoms with E-state index in [0.717, 1.165) is 36.9 Å². The van der Waals surface area contributed by atoms with E-state index in [-0.39, 0.29) is 11.4 Å². The summed E-state index contributed by atoms with van der Waals surface area (Å²) in [4.78, 5) is 16.6. The number of amides is 1. The number of hydrogen-bond acceptors (Lipinski definition) is 4. The van der Waals surface area contributed by atoms with Crippen LogP contribution in [0.2, 0.25) is 0 Å². The molecule has 23 heavy (non-hydrogen) atoms. The summed E-state index contributed by atoms with van der Waals surface area (Å²) in [6, 6.07) is 8.11. The number of carbonyl (C=O) groups excluding carboxylic acids is 1. The lowest BCUT2D eigenvalue weighted by molar-refractivity contribution is -0.127. The highest BCUT2D eigenvalue weighted by Crippen LogP contribution is 2.23. The van der Waals surface area contributed by atoms with Gasteiger partial charge in [-0.25, -0.2) is 9.67 Å². The Bertz CT molecular complexity index is 647. The maximum absolute atomic E-state index is 12.6. The van der Waals surface area contributed by atoms with E-state index in [9.17, 15) is 4.79 Å². The number of nitrogens with zero attached hydrogens (tertiary/aromatic N) is 3. The van der Waals surface area contributed by atoms with Gasteiger partial charge in [0.1, 0.15) is 12.7 Å². The molecule has 2 N–H and O–H groups in total. The van der Waals surface area contributed by atoms with Crippen LogP contribution in [0.5, 0.6) is 0 Å². The molecule has 122 valence electrons. The zero-order chi connectivity index (χ0) is 16.1. The summed E-state index contributed by atoms with van der Waals surface area (Å²) >= 11 is 0. The number of rotatable bonds is 6. The van der Waals surface area contributed by atoms with Gasteiger partial charge in [0.25, 0.3) is 0 Å². The van der Waals surface area contributed by atoms with Crippen LogP contribution in [-0.2, 0) is 17.9 Å². The van der Waals surface area contributed by atoms with Gasteiger partial charge in [0, 0.05) is 6.54 Å². The van der Waals surface area contributed by atoms with Crippen LogP contribution in [0, 0.1) is 0 Å². The smallest absolute Gasteiger partial charge is 0.240 e. The predicted octanol–water partition coefficient (Wildman–Crippen LogP) is 1.47. The largest absolute Gasteiger partial charge is 0.350 e. The van der Waals surface area contributed by atoms with Crippen LogP contribution in [0.1, 0.15) is 37.3 Å². The van der Waals surface area contributed by atoms with Crippen molar-refractivity contribution < 1.29 is 4.79 Å². The molecule has 6 nitrogen and oxygen atoms in total. The van der Waals surface area contributed by atoms with Crippen LogP contribution in [0.15, 0.2) is 36.9 Å². The average Bonchev–Trinajstić information content (AvgIpc) is 3.26. The van der Waals surface area contributed by atoms with Gasteiger partial charge in [-0.1, -0.05) is 31.2 Å². The van der Waals surface area contributed by atoms with Crippen LogP contribution in [0.3, 0.4) is 0 Å². The Kier molecular flexibility index (Phi) is 4.71. The van der Waals surface area contributed by atoms with Gasteiger partial charge in [0.15, 0.2) is 0 Å². The minimum absolute atomic E-state index is 0.105. The average molecular weight is 313 g/mol. The lowest BCUT2D eigenvalue weighted by atomic mass is 9.93. The van der Waals surface area contributed by atoms with E-state index in [1.54, 1.807) is 11.0 Å². The first-order chi connectivity index (χ1) is 11.2. The van der Waals surface area contributed by atoms with Gasteiger partial charge in [0.05, 0.1) is 12.1 Å². The minimum Gasteiger partial charge on any atom is -0.350 e. The van der Waals surface area contributed by atoms with E-state index >= 15 is 0 Å².